The van der Waals surface area contributed by atoms with Crippen molar-refractivity contribution in [2.75, 3.05) is 0 Å². The highest BCUT2D eigenvalue weighted by Gasteiger charge is 2.13. The van der Waals surface area contributed by atoms with Gasteiger partial charge < -0.3 is 0 Å². The zero-order valence-corrected chi connectivity index (χ0v) is 11.7. The Morgan fingerprint density at radius 3 is 2.78 bits per heavy atom. The van der Waals surface area contributed by atoms with Crippen LogP contribution in [0, 0.1) is 13.8 Å². The molecule has 0 saturated carbocycles. The molecule has 0 N–H and O–H groups in total. The van der Waals surface area contributed by atoms with Crippen LogP contribution in [0.5, 0.6) is 0 Å². The highest BCUT2D eigenvalue weighted by molar-refractivity contribution is 7.11. The van der Waals surface area contributed by atoms with Gasteiger partial charge in [0.05, 0.1) is 12.1 Å². The number of Topliss-reactive ketones (excluding diaryl/α,β-unsaturated/α-hetero) is 1. The average molecular weight is 260 g/mol. The van der Waals surface area contributed by atoms with Crippen LogP contribution in [0.2, 0.25) is 0 Å². The van der Waals surface area contributed by atoms with Crippen LogP contribution in [-0.4, -0.2) is 15.8 Å². The van der Waals surface area contributed by atoms with Gasteiger partial charge in [0.25, 0.3) is 0 Å². The second kappa shape index (κ2) is 5.40. The third-order valence-electron chi connectivity index (χ3n) is 2.97. The Bertz CT molecular complexity index is 555. The molecule has 0 unspecified atom stereocenters. The van der Waals surface area contributed by atoms with E-state index in [-0.39, 0.29) is 5.78 Å². The first-order valence-corrected chi connectivity index (χ1v) is 6.82. The summed E-state index contributed by atoms with van der Waals surface area (Å²) in [6.07, 6.45) is 4.65. The Labute approximate surface area is 111 Å². The van der Waals surface area contributed by atoms with E-state index < -0.39 is 0 Å². The molecular weight excluding hydrogens is 244 g/mol. The van der Waals surface area contributed by atoms with Crippen molar-refractivity contribution in [3.8, 4) is 0 Å². The number of aryl methyl sites for hydroxylation is 3. The number of hydrogen-bond acceptors (Lipinski definition) is 4. The number of rotatable bonds is 4. The van der Waals surface area contributed by atoms with Crippen molar-refractivity contribution in [2.45, 2.75) is 33.6 Å². The molecule has 0 saturated heterocycles. The molecule has 2 aromatic rings. The molecule has 2 heterocycles. The summed E-state index contributed by atoms with van der Waals surface area (Å²) in [4.78, 5) is 21.9. The van der Waals surface area contributed by atoms with Gasteiger partial charge in [-0.1, -0.05) is 6.92 Å². The summed E-state index contributed by atoms with van der Waals surface area (Å²) in [7, 11) is 0. The maximum absolute atomic E-state index is 12.3. The zero-order valence-electron chi connectivity index (χ0n) is 10.9. The van der Waals surface area contributed by atoms with E-state index in [1.165, 1.54) is 4.88 Å². The van der Waals surface area contributed by atoms with Gasteiger partial charge in [-0.15, -0.1) is 11.3 Å². The minimum atomic E-state index is 0.128. The quantitative estimate of drug-likeness (QED) is 0.793. The van der Waals surface area contributed by atoms with E-state index >= 15 is 0 Å². The first-order valence-electron chi connectivity index (χ1n) is 6.00. The van der Waals surface area contributed by atoms with Gasteiger partial charge >= 0.3 is 0 Å². The fourth-order valence-electron chi connectivity index (χ4n) is 1.83. The zero-order chi connectivity index (χ0) is 13.1. The van der Waals surface area contributed by atoms with Crippen molar-refractivity contribution in [3.05, 3.63) is 45.2 Å². The fraction of sp³-hybridized carbons (Fsp3) is 0.357. The van der Waals surface area contributed by atoms with Crippen molar-refractivity contribution in [1.29, 1.82) is 0 Å². The van der Waals surface area contributed by atoms with Gasteiger partial charge in [0, 0.05) is 22.8 Å². The van der Waals surface area contributed by atoms with Crippen LogP contribution < -0.4 is 0 Å². The predicted molar refractivity (Wildman–Crippen MR) is 73.2 cm³/mol. The van der Waals surface area contributed by atoms with E-state index in [0.717, 1.165) is 28.2 Å². The molecule has 0 aliphatic rings. The van der Waals surface area contributed by atoms with E-state index in [2.05, 4.69) is 9.97 Å². The second-order valence-corrected chi connectivity index (χ2v) is 5.52. The van der Waals surface area contributed by atoms with E-state index in [9.17, 15) is 4.79 Å². The van der Waals surface area contributed by atoms with Crippen molar-refractivity contribution >= 4 is 17.1 Å². The van der Waals surface area contributed by atoms with Gasteiger partial charge in [0.15, 0.2) is 5.78 Å². The standard InChI is InChI=1S/C14H16N2OS/c1-4-11-8-15-6-5-12(11)13(17)7-14-16-9(2)10(3)18-14/h5-6,8H,4,7H2,1-3H3. The number of hydrogen-bond donors (Lipinski definition) is 0. The lowest BCUT2D eigenvalue weighted by atomic mass is 10.0. The van der Waals surface area contributed by atoms with Gasteiger partial charge in [-0.25, -0.2) is 4.98 Å². The Kier molecular flexibility index (Phi) is 3.87. The summed E-state index contributed by atoms with van der Waals surface area (Å²) in [6, 6.07) is 1.80. The molecule has 0 spiro atoms. The largest absolute Gasteiger partial charge is 0.294 e. The van der Waals surface area contributed by atoms with Crippen molar-refractivity contribution in [2.24, 2.45) is 0 Å². The van der Waals surface area contributed by atoms with Crippen LogP contribution in [0.1, 0.15) is 38.4 Å². The molecule has 18 heavy (non-hydrogen) atoms. The highest BCUT2D eigenvalue weighted by atomic mass is 32.1. The van der Waals surface area contributed by atoms with E-state index in [4.69, 9.17) is 0 Å². The number of carbonyl (C=O) groups is 1. The average Bonchev–Trinajstić information content (AvgIpc) is 2.68. The predicted octanol–water partition coefficient (Wildman–Crippen LogP) is 3.14. The SMILES string of the molecule is CCc1cnccc1C(=O)Cc1nc(C)c(C)s1. The monoisotopic (exact) mass is 260 g/mol. The van der Waals surface area contributed by atoms with Gasteiger partial charge in [-0.05, 0) is 31.9 Å². The highest BCUT2D eigenvalue weighted by Crippen LogP contribution is 2.19. The second-order valence-electron chi connectivity index (χ2n) is 4.24. The lowest BCUT2D eigenvalue weighted by molar-refractivity contribution is 0.0992. The molecule has 3 nitrogen and oxygen atoms in total. The Morgan fingerprint density at radius 1 is 1.39 bits per heavy atom. The summed E-state index contributed by atoms with van der Waals surface area (Å²) in [6.45, 7) is 6.04. The molecular formula is C14H16N2OS. The van der Waals surface area contributed by atoms with Crippen LogP contribution in [-0.2, 0) is 12.8 Å². The first kappa shape index (κ1) is 12.9. The topological polar surface area (TPSA) is 42.9 Å². The van der Waals surface area contributed by atoms with Crippen LogP contribution in [0.25, 0.3) is 0 Å². The number of nitrogens with zero attached hydrogens (tertiary/aromatic N) is 2. The Hall–Kier alpha value is -1.55. The molecule has 0 atom stereocenters. The number of aromatic nitrogens is 2. The smallest absolute Gasteiger partial charge is 0.170 e. The maximum atomic E-state index is 12.3. The molecule has 0 radical (unpaired) electrons. The fourth-order valence-corrected chi connectivity index (χ4v) is 2.76. The van der Waals surface area contributed by atoms with Crippen LogP contribution in [0.15, 0.2) is 18.5 Å². The Morgan fingerprint density at radius 2 is 2.17 bits per heavy atom. The molecule has 4 heteroatoms. The van der Waals surface area contributed by atoms with Crippen molar-refractivity contribution in [3.63, 3.8) is 0 Å². The molecule has 94 valence electrons. The lowest BCUT2D eigenvalue weighted by Gasteiger charge is -2.04. The third kappa shape index (κ3) is 2.64. The normalized spacial score (nSPS) is 10.6. The molecule has 0 bridgehead atoms. The number of ketones is 1. The van der Waals surface area contributed by atoms with E-state index in [1.54, 1.807) is 29.8 Å². The van der Waals surface area contributed by atoms with Crippen LogP contribution in [0.3, 0.4) is 0 Å². The molecule has 0 fully saturated rings. The Balaban J connectivity index is 2.22. The molecule has 2 rings (SSSR count). The third-order valence-corrected chi connectivity index (χ3v) is 4.04. The summed E-state index contributed by atoms with van der Waals surface area (Å²) < 4.78 is 0. The van der Waals surface area contributed by atoms with Crippen LogP contribution >= 0.6 is 11.3 Å². The molecule has 0 aromatic carbocycles. The molecule has 0 aliphatic heterocycles. The summed E-state index contributed by atoms with van der Waals surface area (Å²) >= 11 is 1.60. The lowest BCUT2D eigenvalue weighted by Crippen LogP contribution is -2.07. The summed E-state index contributed by atoms with van der Waals surface area (Å²) in [5, 5.41) is 0.897. The first-order chi connectivity index (χ1) is 8.61. The molecule has 2 aromatic heterocycles. The minimum absolute atomic E-state index is 0.128. The van der Waals surface area contributed by atoms with Gasteiger partial charge in [0.2, 0.25) is 0 Å². The van der Waals surface area contributed by atoms with E-state index in [0.29, 0.717) is 6.42 Å². The summed E-state index contributed by atoms with van der Waals surface area (Å²) in [5.41, 5.74) is 2.80. The minimum Gasteiger partial charge on any atom is -0.294 e. The van der Waals surface area contributed by atoms with Crippen LogP contribution in [0.4, 0.5) is 0 Å². The number of pyridine rings is 1. The number of thiazole rings is 1. The van der Waals surface area contributed by atoms with Crippen molar-refractivity contribution in [1.82, 2.24) is 9.97 Å². The van der Waals surface area contributed by atoms with Gasteiger partial charge in [-0.2, -0.15) is 0 Å². The molecule has 0 aliphatic carbocycles. The summed E-state index contributed by atoms with van der Waals surface area (Å²) in [5.74, 6) is 0.128. The van der Waals surface area contributed by atoms with Gasteiger partial charge in [-0.3, -0.25) is 9.78 Å². The molecule has 0 amide bonds. The van der Waals surface area contributed by atoms with Crippen molar-refractivity contribution < 1.29 is 4.79 Å². The number of carbonyl (C=O) groups excluding carboxylic acids is 1. The van der Waals surface area contributed by atoms with Gasteiger partial charge in [0.1, 0.15) is 5.01 Å². The van der Waals surface area contributed by atoms with E-state index in [1.807, 2.05) is 20.8 Å². The maximum Gasteiger partial charge on any atom is 0.170 e.